The first-order valence-corrected chi connectivity index (χ1v) is 11.2. The van der Waals surface area contributed by atoms with E-state index in [0.29, 0.717) is 34.9 Å². The van der Waals surface area contributed by atoms with Gasteiger partial charge >= 0.3 is 5.00 Å². The maximum atomic E-state index is 13.1. The van der Waals surface area contributed by atoms with Gasteiger partial charge in [0.15, 0.2) is 4.87 Å². The molecular formula is C22H22N7OS+. The van der Waals surface area contributed by atoms with Crippen LogP contribution in [0, 0.1) is 16.2 Å². The third-order valence-electron chi connectivity index (χ3n) is 5.76. The topological polar surface area (TPSA) is 102 Å². The van der Waals surface area contributed by atoms with Crippen LogP contribution < -0.4 is 15.6 Å². The van der Waals surface area contributed by atoms with Crippen LogP contribution in [0.4, 0.5) is 22.2 Å². The molecule has 2 aliphatic rings. The predicted molar refractivity (Wildman–Crippen MR) is 121 cm³/mol. The van der Waals surface area contributed by atoms with E-state index in [1.165, 1.54) is 30.6 Å². The molecule has 5 rings (SSSR count). The molecule has 0 radical (unpaired) electrons. The molecule has 0 saturated carbocycles. The molecule has 0 aliphatic carbocycles. The summed E-state index contributed by atoms with van der Waals surface area (Å²) in [7, 11) is 0. The fraction of sp³-hybridized carbons (Fsp3) is 0.318. The van der Waals surface area contributed by atoms with Crippen molar-refractivity contribution in [1.82, 2.24) is 9.97 Å². The number of piperidine rings is 1. The molecule has 0 amide bonds. The van der Waals surface area contributed by atoms with Gasteiger partial charge < -0.3 is 10.6 Å². The van der Waals surface area contributed by atoms with Gasteiger partial charge in [-0.25, -0.2) is 9.97 Å². The Morgan fingerprint density at radius 3 is 2.68 bits per heavy atom. The summed E-state index contributed by atoms with van der Waals surface area (Å²) in [6, 6.07) is 11.2. The van der Waals surface area contributed by atoms with Gasteiger partial charge in [0.2, 0.25) is 0 Å². The Morgan fingerprint density at radius 1 is 1.13 bits per heavy atom. The van der Waals surface area contributed by atoms with Crippen molar-refractivity contribution in [3.8, 4) is 16.6 Å². The van der Waals surface area contributed by atoms with Gasteiger partial charge in [0, 0.05) is 31.3 Å². The van der Waals surface area contributed by atoms with Gasteiger partial charge in [0.25, 0.3) is 0 Å². The molecule has 1 saturated heterocycles. The van der Waals surface area contributed by atoms with Crippen molar-refractivity contribution in [1.29, 1.82) is 5.26 Å². The molecule has 31 heavy (non-hydrogen) atoms. The number of nitrogens with two attached hydrogens (primary N) is 1. The van der Waals surface area contributed by atoms with E-state index < -0.39 is 0 Å². The number of nitrogen functional groups attached to an aromatic ring is 1. The average molecular weight is 433 g/mol. The van der Waals surface area contributed by atoms with Crippen LogP contribution in [0.25, 0.3) is 10.6 Å². The summed E-state index contributed by atoms with van der Waals surface area (Å²) in [5.41, 5.74) is 9.09. The lowest BCUT2D eigenvalue weighted by atomic mass is 10.1. The number of thiazole rings is 1. The average Bonchev–Trinajstić information content (AvgIpc) is 3.25. The molecule has 2 N–H and O–H groups in total. The number of nitroso groups, excluding NO2 is 1. The lowest BCUT2D eigenvalue weighted by Gasteiger charge is -2.27. The number of benzene rings is 1. The fourth-order valence-corrected chi connectivity index (χ4v) is 5.08. The number of fused-ring (bicyclic) bond motifs is 1. The highest BCUT2D eigenvalue weighted by molar-refractivity contribution is 7.18. The maximum absolute atomic E-state index is 13.1. The van der Waals surface area contributed by atoms with Gasteiger partial charge in [-0.3, -0.25) is 0 Å². The molecule has 2 aromatic heterocycles. The third kappa shape index (κ3) is 3.59. The number of anilines is 3. The zero-order valence-corrected chi connectivity index (χ0v) is 17.8. The molecule has 1 fully saturated rings. The fourth-order valence-electron chi connectivity index (χ4n) is 4.06. The first-order valence-electron chi connectivity index (χ1n) is 10.4. The summed E-state index contributed by atoms with van der Waals surface area (Å²) < 4.78 is 0. The summed E-state index contributed by atoms with van der Waals surface area (Å²) >= 11 is 1.37. The molecule has 1 aromatic carbocycles. The van der Waals surface area contributed by atoms with Crippen LogP contribution >= 0.6 is 11.3 Å². The van der Waals surface area contributed by atoms with Crippen molar-refractivity contribution in [3.63, 3.8) is 0 Å². The Kier molecular flexibility index (Phi) is 5.00. The molecule has 2 aliphatic heterocycles. The zero-order chi connectivity index (χ0) is 21.4. The van der Waals surface area contributed by atoms with E-state index in [9.17, 15) is 4.91 Å². The standard InChI is InChI=1S/C22H22N7OS/c23-13-15-4-6-17(12-18(15)24)28-11-8-19-22(29(28)30)31-21(26-19)16-5-7-20(25-14-16)27-9-2-1-3-10-27/h4-7,12,14H,1-3,8-11,24H2/q+1. The number of hydrogen-bond donors (Lipinski definition) is 1. The predicted octanol–water partition coefficient (Wildman–Crippen LogP) is 4.04. The molecule has 9 heteroatoms. The first-order chi connectivity index (χ1) is 15.1. The Bertz CT molecular complexity index is 1180. The number of aromatic nitrogens is 2. The first kappa shape index (κ1) is 19.5. The Morgan fingerprint density at radius 2 is 1.97 bits per heavy atom. The molecule has 3 aromatic rings. The van der Waals surface area contributed by atoms with Crippen molar-refractivity contribution in [2.24, 2.45) is 0 Å². The third-order valence-corrected chi connectivity index (χ3v) is 6.86. The van der Waals surface area contributed by atoms with E-state index in [4.69, 9.17) is 16.0 Å². The normalized spacial score (nSPS) is 16.2. The van der Waals surface area contributed by atoms with E-state index in [1.807, 2.05) is 24.4 Å². The van der Waals surface area contributed by atoms with Gasteiger partial charge in [0.1, 0.15) is 28.3 Å². The van der Waals surface area contributed by atoms with Crippen molar-refractivity contribution in [2.75, 3.05) is 35.3 Å². The molecule has 0 atom stereocenters. The summed E-state index contributed by atoms with van der Waals surface area (Å²) in [4.78, 5) is 25.6. The van der Waals surface area contributed by atoms with E-state index in [1.54, 1.807) is 23.2 Å². The minimum Gasteiger partial charge on any atom is -0.398 e. The van der Waals surface area contributed by atoms with Crippen LogP contribution in [0.2, 0.25) is 0 Å². The monoisotopic (exact) mass is 432 g/mol. The van der Waals surface area contributed by atoms with Gasteiger partial charge in [-0.05, 0) is 60.9 Å². The van der Waals surface area contributed by atoms with Gasteiger partial charge in [0.05, 0.1) is 22.7 Å². The largest absolute Gasteiger partial charge is 0.398 e. The van der Waals surface area contributed by atoms with Crippen molar-refractivity contribution in [3.05, 3.63) is 52.7 Å². The van der Waals surface area contributed by atoms with Gasteiger partial charge in [-0.2, -0.15) is 5.26 Å². The molecule has 0 spiro atoms. The quantitative estimate of drug-likeness (QED) is 0.492. The van der Waals surface area contributed by atoms with Crippen molar-refractivity contribution in [2.45, 2.75) is 25.7 Å². The Hall–Kier alpha value is -3.51. The highest BCUT2D eigenvalue weighted by atomic mass is 32.1. The number of hydrazine groups is 1. The van der Waals surface area contributed by atoms with Gasteiger partial charge in [-0.15, -0.1) is 5.01 Å². The smallest absolute Gasteiger partial charge is 0.370 e. The summed E-state index contributed by atoms with van der Waals surface area (Å²) in [6.07, 6.45) is 6.22. The molecule has 0 bridgehead atoms. The number of hydrogen-bond acceptors (Lipinski definition) is 7. The molecule has 156 valence electrons. The number of nitriles is 1. The van der Waals surface area contributed by atoms with Crippen LogP contribution in [0.15, 0.2) is 36.5 Å². The van der Waals surface area contributed by atoms with Crippen LogP contribution in [-0.2, 0) is 6.42 Å². The van der Waals surface area contributed by atoms with Crippen LogP contribution in [-0.4, -0.2) is 34.5 Å². The maximum Gasteiger partial charge on any atom is 0.370 e. The second kappa shape index (κ2) is 7.96. The van der Waals surface area contributed by atoms with Crippen LogP contribution in [0.1, 0.15) is 30.5 Å². The molecule has 4 heterocycles. The number of nitrogens with zero attached hydrogens (tertiary/aromatic N) is 6. The van der Waals surface area contributed by atoms with Gasteiger partial charge in [-0.1, -0.05) is 0 Å². The molecular weight excluding hydrogens is 410 g/mol. The minimum atomic E-state index is 0.365. The van der Waals surface area contributed by atoms with Crippen LogP contribution in [0.3, 0.4) is 0 Å². The number of rotatable bonds is 3. The van der Waals surface area contributed by atoms with E-state index >= 15 is 0 Å². The van der Waals surface area contributed by atoms with E-state index in [0.717, 1.165) is 40.0 Å². The Balaban J connectivity index is 1.39. The second-order valence-electron chi connectivity index (χ2n) is 7.75. The molecule has 8 nitrogen and oxygen atoms in total. The lowest BCUT2D eigenvalue weighted by molar-refractivity contribution is -0.478. The van der Waals surface area contributed by atoms with Crippen molar-refractivity contribution < 1.29 is 4.87 Å². The zero-order valence-electron chi connectivity index (χ0n) is 17.0. The van der Waals surface area contributed by atoms with E-state index in [-0.39, 0.29) is 0 Å². The van der Waals surface area contributed by atoms with Crippen molar-refractivity contribution >= 4 is 33.5 Å². The molecule has 0 unspecified atom stereocenters. The second-order valence-corrected chi connectivity index (χ2v) is 8.73. The van der Waals surface area contributed by atoms with E-state index in [2.05, 4.69) is 9.88 Å². The van der Waals surface area contributed by atoms with Crippen LogP contribution in [0.5, 0.6) is 0 Å². The Labute approximate surface area is 184 Å². The number of pyridine rings is 1. The summed E-state index contributed by atoms with van der Waals surface area (Å²) in [6.45, 7) is 2.61. The SMILES string of the molecule is N#Cc1ccc(N2CCc3nc(-c4ccc(N5CCCCC5)nc4)sc3[N+]2=O)cc1N. The summed E-state index contributed by atoms with van der Waals surface area (Å²) in [5, 5.41) is 12.1. The summed E-state index contributed by atoms with van der Waals surface area (Å²) in [5.74, 6) is 1.000. The highest BCUT2D eigenvalue weighted by Gasteiger charge is 2.38. The minimum absolute atomic E-state index is 0.365. The highest BCUT2D eigenvalue weighted by Crippen LogP contribution is 2.38. The lowest BCUT2D eigenvalue weighted by Crippen LogP contribution is -2.36.